The van der Waals surface area contributed by atoms with Gasteiger partial charge in [-0.15, -0.1) is 0 Å². The lowest BCUT2D eigenvalue weighted by Gasteiger charge is -2.23. The van der Waals surface area contributed by atoms with Crippen molar-refractivity contribution < 1.29 is 14.5 Å². The zero-order chi connectivity index (χ0) is 30.7. The second kappa shape index (κ2) is 14.3. The number of amides is 2. The van der Waals surface area contributed by atoms with Gasteiger partial charge in [-0.1, -0.05) is 91.0 Å². The van der Waals surface area contributed by atoms with Crippen molar-refractivity contribution in [2.45, 2.75) is 18.4 Å². The zero-order valence-electron chi connectivity index (χ0n) is 23.6. The number of carbonyl (C=O) groups is 2. The summed E-state index contributed by atoms with van der Waals surface area (Å²) in [5, 5.41) is 25.4. The lowest BCUT2D eigenvalue weighted by molar-refractivity contribution is -0.384. The monoisotopic (exact) mass is 583 g/mol. The van der Waals surface area contributed by atoms with E-state index in [1.54, 1.807) is 36.4 Å². The van der Waals surface area contributed by atoms with Crippen molar-refractivity contribution in [2.75, 3.05) is 5.32 Å². The van der Waals surface area contributed by atoms with Crippen LogP contribution >= 0.6 is 0 Å². The Morgan fingerprint density at radius 1 is 0.636 bits per heavy atom. The minimum atomic E-state index is -0.976. The van der Waals surface area contributed by atoms with Crippen LogP contribution in [0.4, 0.5) is 22.7 Å². The molecule has 0 bridgehead atoms. The summed E-state index contributed by atoms with van der Waals surface area (Å²) < 4.78 is 0. The van der Waals surface area contributed by atoms with E-state index in [0.717, 1.165) is 16.8 Å². The molecule has 9 heteroatoms. The van der Waals surface area contributed by atoms with Crippen LogP contribution in [0.2, 0.25) is 0 Å². The van der Waals surface area contributed by atoms with E-state index in [1.807, 2.05) is 91.0 Å². The summed E-state index contributed by atoms with van der Waals surface area (Å²) in [4.78, 5) is 38.2. The Kier molecular flexibility index (Phi) is 9.58. The molecule has 5 aromatic carbocycles. The summed E-state index contributed by atoms with van der Waals surface area (Å²) in [6, 6.07) is 39.9. The van der Waals surface area contributed by atoms with E-state index in [-0.39, 0.29) is 18.0 Å². The summed E-state index contributed by atoms with van der Waals surface area (Å²) in [6.07, 6.45) is 0.120. The van der Waals surface area contributed by atoms with Crippen LogP contribution < -0.4 is 10.6 Å². The number of nitrogens with zero attached hydrogens (tertiary/aromatic N) is 3. The van der Waals surface area contributed by atoms with Crippen LogP contribution in [0, 0.1) is 10.1 Å². The fraction of sp³-hybridized carbons (Fsp3) is 0.0857. The smallest absolute Gasteiger partial charge is 0.269 e. The second-order valence-electron chi connectivity index (χ2n) is 10.0. The van der Waals surface area contributed by atoms with Crippen molar-refractivity contribution in [1.82, 2.24) is 5.32 Å². The normalized spacial score (nSPS) is 11.7. The van der Waals surface area contributed by atoms with Crippen LogP contribution in [-0.2, 0) is 16.0 Å². The van der Waals surface area contributed by atoms with Crippen molar-refractivity contribution >= 4 is 34.6 Å². The number of hydrogen-bond donors (Lipinski definition) is 2. The third-order valence-electron chi connectivity index (χ3n) is 6.92. The highest BCUT2D eigenvalue weighted by molar-refractivity contribution is 5.99. The molecule has 9 nitrogen and oxygen atoms in total. The van der Waals surface area contributed by atoms with Crippen molar-refractivity contribution in [1.29, 1.82) is 0 Å². The van der Waals surface area contributed by atoms with Crippen LogP contribution in [0.1, 0.15) is 22.6 Å². The Bertz CT molecular complexity index is 1690. The van der Waals surface area contributed by atoms with Gasteiger partial charge in [-0.3, -0.25) is 19.7 Å². The maximum absolute atomic E-state index is 13.9. The molecule has 0 spiro atoms. The molecule has 0 aromatic heterocycles. The molecule has 0 heterocycles. The SMILES string of the molecule is O=C(N[C@@H](Cc1ccc([N+](=O)[O-])cc1)C(=O)Nc1ccc(N=Nc2ccccc2)cc1)C(c1ccccc1)c1ccccc1. The first-order valence-electron chi connectivity index (χ1n) is 14.0. The molecule has 2 amide bonds. The molecule has 1 atom stereocenters. The average Bonchev–Trinajstić information content (AvgIpc) is 3.06. The first kappa shape index (κ1) is 29.5. The van der Waals surface area contributed by atoms with Crippen molar-refractivity contribution in [2.24, 2.45) is 10.2 Å². The number of non-ortho nitro benzene ring substituents is 1. The first-order valence-corrected chi connectivity index (χ1v) is 14.0. The van der Waals surface area contributed by atoms with E-state index in [4.69, 9.17) is 0 Å². The Morgan fingerprint density at radius 2 is 1.14 bits per heavy atom. The van der Waals surface area contributed by atoms with Crippen molar-refractivity contribution in [3.63, 3.8) is 0 Å². The van der Waals surface area contributed by atoms with Crippen LogP contribution in [0.3, 0.4) is 0 Å². The van der Waals surface area contributed by atoms with E-state index >= 15 is 0 Å². The number of benzene rings is 5. The second-order valence-corrected chi connectivity index (χ2v) is 10.0. The largest absolute Gasteiger partial charge is 0.343 e. The van der Waals surface area contributed by atoms with Gasteiger partial charge in [0, 0.05) is 24.2 Å². The third kappa shape index (κ3) is 7.86. The minimum absolute atomic E-state index is 0.0588. The van der Waals surface area contributed by atoms with Crippen LogP contribution in [0.15, 0.2) is 150 Å². The zero-order valence-corrected chi connectivity index (χ0v) is 23.6. The highest BCUT2D eigenvalue weighted by Crippen LogP contribution is 2.26. The van der Waals surface area contributed by atoms with Crippen LogP contribution in [0.25, 0.3) is 0 Å². The molecule has 44 heavy (non-hydrogen) atoms. The minimum Gasteiger partial charge on any atom is -0.343 e. The van der Waals surface area contributed by atoms with Gasteiger partial charge in [0.05, 0.1) is 22.2 Å². The molecule has 218 valence electrons. The lowest BCUT2D eigenvalue weighted by Crippen LogP contribution is -2.47. The van der Waals surface area contributed by atoms with Gasteiger partial charge in [0.25, 0.3) is 5.69 Å². The number of rotatable bonds is 11. The third-order valence-corrected chi connectivity index (χ3v) is 6.92. The maximum Gasteiger partial charge on any atom is 0.269 e. The number of anilines is 1. The number of nitrogens with one attached hydrogen (secondary N) is 2. The summed E-state index contributed by atoms with van der Waals surface area (Å²) in [5.74, 6) is -1.44. The Hall–Kier alpha value is -5.96. The Balaban J connectivity index is 1.37. The predicted octanol–water partition coefficient (Wildman–Crippen LogP) is 7.51. The number of carbonyl (C=O) groups excluding carboxylic acids is 2. The van der Waals surface area contributed by atoms with Gasteiger partial charge in [0.15, 0.2) is 0 Å². The van der Waals surface area contributed by atoms with E-state index < -0.39 is 22.8 Å². The molecule has 0 aliphatic rings. The predicted molar refractivity (Wildman–Crippen MR) is 169 cm³/mol. The molecule has 0 saturated carbocycles. The van der Waals surface area contributed by atoms with Gasteiger partial charge in [-0.25, -0.2) is 0 Å². The average molecular weight is 584 g/mol. The van der Waals surface area contributed by atoms with E-state index in [1.165, 1.54) is 12.1 Å². The number of nitro benzene ring substituents is 1. The highest BCUT2D eigenvalue weighted by Gasteiger charge is 2.28. The molecule has 0 aliphatic carbocycles. The molecule has 0 fully saturated rings. The summed E-state index contributed by atoms with van der Waals surface area (Å²) >= 11 is 0. The molecule has 0 saturated heterocycles. The van der Waals surface area contributed by atoms with Gasteiger partial charge >= 0.3 is 0 Å². The van der Waals surface area contributed by atoms with E-state index in [9.17, 15) is 19.7 Å². The van der Waals surface area contributed by atoms with Crippen LogP contribution in [0.5, 0.6) is 0 Å². The topological polar surface area (TPSA) is 126 Å². The van der Waals surface area contributed by atoms with Gasteiger partial charge < -0.3 is 10.6 Å². The Morgan fingerprint density at radius 3 is 1.66 bits per heavy atom. The molecule has 0 radical (unpaired) electrons. The van der Waals surface area contributed by atoms with Gasteiger partial charge in [-0.05, 0) is 53.1 Å². The quantitative estimate of drug-likeness (QED) is 0.0948. The molecule has 0 unspecified atom stereocenters. The number of hydrogen-bond acceptors (Lipinski definition) is 6. The van der Waals surface area contributed by atoms with Crippen molar-refractivity contribution in [3.8, 4) is 0 Å². The van der Waals surface area contributed by atoms with Crippen LogP contribution in [-0.4, -0.2) is 22.8 Å². The molecule has 0 aliphatic heterocycles. The number of azo groups is 1. The maximum atomic E-state index is 13.9. The summed E-state index contributed by atoms with van der Waals surface area (Å²) in [6.45, 7) is 0. The molecule has 5 aromatic rings. The molecular weight excluding hydrogens is 554 g/mol. The molecule has 2 N–H and O–H groups in total. The lowest BCUT2D eigenvalue weighted by atomic mass is 9.90. The molecular formula is C35H29N5O4. The Labute approximate surface area is 254 Å². The summed E-state index contributed by atoms with van der Waals surface area (Å²) in [7, 11) is 0. The van der Waals surface area contributed by atoms with Gasteiger partial charge in [-0.2, -0.15) is 10.2 Å². The fourth-order valence-corrected chi connectivity index (χ4v) is 4.69. The van der Waals surface area contributed by atoms with Gasteiger partial charge in [0.2, 0.25) is 11.8 Å². The first-order chi connectivity index (χ1) is 21.5. The summed E-state index contributed by atoms with van der Waals surface area (Å²) in [5.41, 5.74) is 4.01. The fourth-order valence-electron chi connectivity index (χ4n) is 4.69. The standard InChI is InChI=1S/C35H29N5O4/c41-34(36-28-18-20-30(21-19-28)39-38-29-14-8-3-9-15-29)32(24-25-16-22-31(23-17-25)40(43)44)37-35(42)33(26-10-4-1-5-11-26)27-12-6-2-7-13-27/h1-23,32-33H,24H2,(H,36,41)(H,37,42)/t32-/m0/s1. The van der Waals surface area contributed by atoms with E-state index in [2.05, 4.69) is 20.9 Å². The van der Waals surface area contributed by atoms with E-state index in [0.29, 0.717) is 16.9 Å². The molecule has 5 rings (SSSR count). The van der Waals surface area contributed by atoms with Crippen molar-refractivity contribution in [3.05, 3.63) is 166 Å². The highest BCUT2D eigenvalue weighted by atomic mass is 16.6. The number of nitro groups is 1. The van der Waals surface area contributed by atoms with Gasteiger partial charge in [0.1, 0.15) is 6.04 Å².